The molecule has 24 heavy (non-hydrogen) atoms. The van der Waals surface area contributed by atoms with Crippen molar-refractivity contribution in [2.75, 3.05) is 13.3 Å². The van der Waals surface area contributed by atoms with Gasteiger partial charge in [-0.1, -0.05) is 6.07 Å². The quantitative estimate of drug-likeness (QED) is 0.604. The van der Waals surface area contributed by atoms with E-state index in [2.05, 4.69) is 10.6 Å². The first-order valence-electron chi connectivity index (χ1n) is 7.77. The number of fused-ring (bicyclic) bond motifs is 1. The lowest BCUT2D eigenvalue weighted by atomic mass is 10.2. The molecule has 3 rings (SSSR count). The fourth-order valence-corrected chi connectivity index (χ4v) is 2.83. The molecule has 130 valence electrons. The fraction of sp³-hybridized carbons (Fsp3) is 0.500. The highest BCUT2D eigenvalue weighted by atomic mass is 35.5. The average molecular weight is 355 g/mol. The van der Waals surface area contributed by atoms with Crippen molar-refractivity contribution in [2.45, 2.75) is 37.4 Å². The highest BCUT2D eigenvalue weighted by Crippen LogP contribution is 2.32. The normalized spacial score (nSPS) is 22.9. The maximum Gasteiger partial charge on any atom is 0.323 e. The van der Waals surface area contributed by atoms with Gasteiger partial charge in [0, 0.05) is 18.5 Å². The van der Waals surface area contributed by atoms with Gasteiger partial charge in [0.25, 0.3) is 5.91 Å². The Kier molecular flexibility index (Phi) is 5.11. The van der Waals surface area contributed by atoms with Crippen LogP contribution in [0.5, 0.6) is 11.5 Å². The number of esters is 1. The molecule has 0 aliphatic carbocycles. The predicted molar refractivity (Wildman–Crippen MR) is 86.0 cm³/mol. The minimum atomic E-state index is -0.873. The Balaban J connectivity index is 1.46. The van der Waals surface area contributed by atoms with Crippen molar-refractivity contribution in [2.24, 2.45) is 0 Å². The predicted octanol–water partition coefficient (Wildman–Crippen LogP) is 0.932. The molecule has 2 N–H and O–H groups in total. The van der Waals surface area contributed by atoms with Crippen molar-refractivity contribution in [3.63, 3.8) is 0 Å². The SMILES string of the molecule is CC(OC(=O)C1CC(Cl)CN1)C(=O)NCc1ccc2c(c1)OCO2. The van der Waals surface area contributed by atoms with Crippen molar-refractivity contribution in [1.82, 2.24) is 10.6 Å². The summed E-state index contributed by atoms with van der Waals surface area (Å²) in [4.78, 5) is 24.0. The number of amides is 1. The van der Waals surface area contributed by atoms with Crippen LogP contribution in [0.25, 0.3) is 0 Å². The van der Waals surface area contributed by atoms with E-state index in [0.29, 0.717) is 31.0 Å². The first-order chi connectivity index (χ1) is 11.5. The third kappa shape index (κ3) is 3.91. The topological polar surface area (TPSA) is 85.9 Å². The molecule has 2 aliphatic rings. The molecule has 7 nitrogen and oxygen atoms in total. The minimum Gasteiger partial charge on any atom is -0.454 e. The van der Waals surface area contributed by atoms with Gasteiger partial charge in [-0.25, -0.2) is 0 Å². The zero-order chi connectivity index (χ0) is 17.1. The lowest BCUT2D eigenvalue weighted by Crippen LogP contribution is -2.40. The molecule has 0 bridgehead atoms. The average Bonchev–Trinajstić information content (AvgIpc) is 3.20. The molecule has 3 atom stereocenters. The molecule has 1 aromatic rings. The molecule has 0 spiro atoms. The van der Waals surface area contributed by atoms with Gasteiger partial charge in [-0.3, -0.25) is 9.59 Å². The number of benzene rings is 1. The Morgan fingerprint density at radius 3 is 2.96 bits per heavy atom. The smallest absolute Gasteiger partial charge is 0.323 e. The third-order valence-electron chi connectivity index (χ3n) is 3.93. The van der Waals surface area contributed by atoms with Gasteiger partial charge in [0.2, 0.25) is 6.79 Å². The molecule has 3 unspecified atom stereocenters. The first-order valence-corrected chi connectivity index (χ1v) is 8.21. The molecular formula is C16H19ClN2O5. The fourth-order valence-electron chi connectivity index (χ4n) is 2.57. The van der Waals surface area contributed by atoms with Crippen LogP contribution in [0.4, 0.5) is 0 Å². The second-order valence-electron chi connectivity index (χ2n) is 5.78. The lowest BCUT2D eigenvalue weighted by Gasteiger charge is -2.16. The summed E-state index contributed by atoms with van der Waals surface area (Å²) in [5.41, 5.74) is 0.869. The van der Waals surface area contributed by atoms with E-state index in [9.17, 15) is 9.59 Å². The molecule has 0 saturated carbocycles. The molecule has 2 heterocycles. The molecule has 0 aromatic heterocycles. The minimum absolute atomic E-state index is 0.0855. The van der Waals surface area contributed by atoms with Gasteiger partial charge >= 0.3 is 5.97 Å². The third-order valence-corrected chi connectivity index (χ3v) is 4.26. The summed E-state index contributed by atoms with van der Waals surface area (Å²) in [6.45, 7) is 2.62. The van der Waals surface area contributed by atoms with E-state index in [1.807, 2.05) is 12.1 Å². The van der Waals surface area contributed by atoms with Gasteiger partial charge in [0.1, 0.15) is 6.04 Å². The number of carbonyl (C=O) groups is 2. The van der Waals surface area contributed by atoms with Gasteiger partial charge in [0.05, 0.1) is 0 Å². The van der Waals surface area contributed by atoms with E-state index in [4.69, 9.17) is 25.8 Å². The number of alkyl halides is 1. The summed E-state index contributed by atoms with van der Waals surface area (Å²) in [6, 6.07) is 4.99. The highest BCUT2D eigenvalue weighted by molar-refractivity contribution is 6.21. The molecule has 8 heteroatoms. The van der Waals surface area contributed by atoms with Crippen molar-refractivity contribution in [3.8, 4) is 11.5 Å². The zero-order valence-corrected chi connectivity index (χ0v) is 14.0. The number of rotatable bonds is 5. The van der Waals surface area contributed by atoms with E-state index in [0.717, 1.165) is 5.56 Å². The van der Waals surface area contributed by atoms with Crippen LogP contribution >= 0.6 is 11.6 Å². The van der Waals surface area contributed by atoms with Crippen molar-refractivity contribution < 1.29 is 23.8 Å². The molecule has 1 saturated heterocycles. The van der Waals surface area contributed by atoms with Crippen LogP contribution in [0.3, 0.4) is 0 Å². The molecule has 2 aliphatic heterocycles. The van der Waals surface area contributed by atoms with E-state index < -0.39 is 18.1 Å². The van der Waals surface area contributed by atoms with Crippen LogP contribution in [0.1, 0.15) is 18.9 Å². The Hall–Kier alpha value is -1.99. The second-order valence-corrected chi connectivity index (χ2v) is 6.40. The van der Waals surface area contributed by atoms with Crippen LogP contribution in [0.2, 0.25) is 0 Å². The summed E-state index contributed by atoms with van der Waals surface area (Å²) in [5, 5.41) is 5.62. The monoisotopic (exact) mass is 354 g/mol. The van der Waals surface area contributed by atoms with E-state index in [1.54, 1.807) is 13.0 Å². The number of halogens is 1. The van der Waals surface area contributed by atoms with E-state index in [1.165, 1.54) is 0 Å². The summed E-state index contributed by atoms with van der Waals surface area (Å²) in [7, 11) is 0. The number of nitrogens with one attached hydrogen (secondary N) is 2. The number of carbonyl (C=O) groups excluding carboxylic acids is 2. The summed E-state index contributed by atoms with van der Waals surface area (Å²) >= 11 is 5.94. The van der Waals surface area contributed by atoms with Gasteiger partial charge in [-0.15, -0.1) is 11.6 Å². The summed E-state index contributed by atoms with van der Waals surface area (Å²) in [5.74, 6) is 0.531. The standard InChI is InChI=1S/C16H19ClN2O5/c1-9(24-16(21)12-5-11(17)7-18-12)15(20)19-6-10-2-3-13-14(4-10)23-8-22-13/h2-4,9,11-12,18H,5-8H2,1H3,(H,19,20). The van der Waals surface area contributed by atoms with Gasteiger partial charge in [-0.2, -0.15) is 0 Å². The van der Waals surface area contributed by atoms with Crippen LogP contribution in [-0.4, -0.2) is 42.7 Å². The Morgan fingerprint density at radius 1 is 1.42 bits per heavy atom. The molecule has 1 fully saturated rings. The number of ether oxygens (including phenoxy) is 3. The molecular weight excluding hydrogens is 336 g/mol. The van der Waals surface area contributed by atoms with Crippen LogP contribution < -0.4 is 20.1 Å². The highest BCUT2D eigenvalue weighted by Gasteiger charge is 2.31. The number of hydrogen-bond donors (Lipinski definition) is 2. The zero-order valence-electron chi connectivity index (χ0n) is 13.2. The number of hydrogen-bond acceptors (Lipinski definition) is 6. The van der Waals surface area contributed by atoms with Crippen molar-refractivity contribution >= 4 is 23.5 Å². The van der Waals surface area contributed by atoms with E-state index >= 15 is 0 Å². The lowest BCUT2D eigenvalue weighted by molar-refractivity contribution is -0.156. The maximum atomic E-state index is 12.1. The van der Waals surface area contributed by atoms with Crippen molar-refractivity contribution in [1.29, 1.82) is 0 Å². The van der Waals surface area contributed by atoms with Crippen LogP contribution in [-0.2, 0) is 20.9 Å². The summed E-state index contributed by atoms with van der Waals surface area (Å²) in [6.07, 6.45) is -0.367. The molecule has 1 amide bonds. The van der Waals surface area contributed by atoms with Crippen molar-refractivity contribution in [3.05, 3.63) is 23.8 Å². The van der Waals surface area contributed by atoms with Crippen LogP contribution in [0.15, 0.2) is 18.2 Å². The van der Waals surface area contributed by atoms with Crippen LogP contribution in [0, 0.1) is 0 Å². The van der Waals surface area contributed by atoms with Gasteiger partial charge in [-0.05, 0) is 31.0 Å². The second kappa shape index (κ2) is 7.27. The Bertz CT molecular complexity index is 639. The Morgan fingerprint density at radius 2 is 2.21 bits per heavy atom. The first kappa shape index (κ1) is 16.9. The Labute approximate surface area is 144 Å². The van der Waals surface area contributed by atoms with E-state index in [-0.39, 0.29) is 18.1 Å². The maximum absolute atomic E-state index is 12.1. The molecule has 0 radical (unpaired) electrons. The van der Waals surface area contributed by atoms with Gasteiger partial charge < -0.3 is 24.8 Å². The van der Waals surface area contributed by atoms with Gasteiger partial charge in [0.15, 0.2) is 17.6 Å². The largest absolute Gasteiger partial charge is 0.454 e. The molecule has 1 aromatic carbocycles. The summed E-state index contributed by atoms with van der Waals surface area (Å²) < 4.78 is 15.7.